The van der Waals surface area contributed by atoms with Gasteiger partial charge in [-0.1, -0.05) is 24.3 Å². The van der Waals surface area contributed by atoms with E-state index < -0.39 is 0 Å². The van der Waals surface area contributed by atoms with Crippen molar-refractivity contribution in [3.05, 3.63) is 65.3 Å². The monoisotopic (exact) mass is 357 g/mol. The summed E-state index contributed by atoms with van der Waals surface area (Å²) in [6.07, 6.45) is 3.83. The number of benzene rings is 2. The molecule has 3 aromatic heterocycles. The fourth-order valence-electron chi connectivity index (χ4n) is 3.84. The molecule has 0 aliphatic rings. The van der Waals surface area contributed by atoms with Crippen LogP contribution in [0.4, 0.5) is 0 Å². The van der Waals surface area contributed by atoms with Gasteiger partial charge in [0.25, 0.3) is 5.71 Å². The fraction of sp³-hybridized carbons (Fsp3) is 0.182. The van der Waals surface area contributed by atoms with Crippen LogP contribution >= 0.6 is 0 Å². The number of hydrogen-bond acceptors (Lipinski definition) is 4. The number of nitrogens with zero attached hydrogens (tertiary/aromatic N) is 3. The molecule has 5 heteroatoms. The maximum Gasteiger partial charge on any atom is 0.267 e. The van der Waals surface area contributed by atoms with E-state index in [-0.39, 0.29) is 0 Å². The minimum atomic E-state index is 0.527. The normalized spacial score (nSPS) is 11.7. The van der Waals surface area contributed by atoms with Gasteiger partial charge in [0.05, 0.1) is 16.6 Å². The third-order valence-corrected chi connectivity index (χ3v) is 5.06. The number of fused-ring (bicyclic) bond motifs is 3. The molecule has 0 amide bonds. The highest BCUT2D eigenvalue weighted by Gasteiger charge is 2.22. The molecule has 0 atom stereocenters. The predicted octanol–water partition coefficient (Wildman–Crippen LogP) is 5.66. The largest absolute Gasteiger partial charge is 0.437 e. The molecule has 0 radical (unpaired) electrons. The molecular weight excluding hydrogens is 338 g/mol. The Labute approximate surface area is 156 Å². The molecule has 0 fully saturated rings. The van der Waals surface area contributed by atoms with Gasteiger partial charge in [0.2, 0.25) is 5.58 Å². The summed E-state index contributed by atoms with van der Waals surface area (Å²) in [4.78, 5) is 9.03. The minimum Gasteiger partial charge on any atom is -0.437 e. The molecule has 134 valence electrons. The number of hydrogen-bond donors (Lipinski definition) is 0. The van der Waals surface area contributed by atoms with Crippen molar-refractivity contribution in [2.45, 2.75) is 27.7 Å². The number of imidazole rings is 1. The van der Waals surface area contributed by atoms with Gasteiger partial charge >= 0.3 is 0 Å². The number of oxazole rings is 1. The van der Waals surface area contributed by atoms with Gasteiger partial charge in [-0.3, -0.25) is 4.57 Å². The summed E-state index contributed by atoms with van der Waals surface area (Å²) >= 11 is 0. The summed E-state index contributed by atoms with van der Waals surface area (Å²) in [6.45, 7) is 8.13. The third kappa shape index (κ3) is 2.24. The Balaban J connectivity index is 1.84. The quantitative estimate of drug-likeness (QED) is 0.409. The summed E-state index contributed by atoms with van der Waals surface area (Å²) < 4.78 is 14.0. The predicted molar refractivity (Wildman–Crippen MR) is 105 cm³/mol. The van der Waals surface area contributed by atoms with Gasteiger partial charge in [0.1, 0.15) is 5.82 Å². The molecule has 5 aromatic rings. The van der Waals surface area contributed by atoms with Crippen molar-refractivity contribution < 1.29 is 8.83 Å². The SMILES string of the molecule is Cc1nc2oc3c(-c4nccn4-c4c(C)cccc4C)c(C)ccc3c2o1. The smallest absolute Gasteiger partial charge is 0.267 e. The van der Waals surface area contributed by atoms with Crippen LogP contribution in [0.3, 0.4) is 0 Å². The highest BCUT2D eigenvalue weighted by Crippen LogP contribution is 2.38. The summed E-state index contributed by atoms with van der Waals surface area (Å²) in [5.41, 5.74) is 7.57. The van der Waals surface area contributed by atoms with Crippen LogP contribution in [0, 0.1) is 27.7 Å². The molecule has 27 heavy (non-hydrogen) atoms. The highest BCUT2D eigenvalue weighted by molar-refractivity contribution is 6.06. The fourth-order valence-corrected chi connectivity index (χ4v) is 3.84. The van der Waals surface area contributed by atoms with Crippen molar-refractivity contribution in [1.29, 1.82) is 0 Å². The zero-order valence-corrected chi connectivity index (χ0v) is 15.7. The molecule has 0 spiro atoms. The van der Waals surface area contributed by atoms with Crippen molar-refractivity contribution in [2.75, 3.05) is 0 Å². The molecule has 0 N–H and O–H groups in total. The molecule has 0 saturated heterocycles. The van der Waals surface area contributed by atoms with Crippen LogP contribution in [0.25, 0.3) is 39.3 Å². The lowest BCUT2D eigenvalue weighted by Gasteiger charge is -2.15. The van der Waals surface area contributed by atoms with Gasteiger partial charge in [0.15, 0.2) is 11.5 Å². The van der Waals surface area contributed by atoms with Crippen LogP contribution in [-0.2, 0) is 0 Å². The third-order valence-electron chi connectivity index (χ3n) is 5.06. The van der Waals surface area contributed by atoms with E-state index in [4.69, 9.17) is 8.83 Å². The minimum absolute atomic E-state index is 0.527. The van der Waals surface area contributed by atoms with E-state index in [2.05, 4.69) is 59.6 Å². The molecule has 0 aliphatic heterocycles. The second-order valence-electron chi connectivity index (χ2n) is 6.96. The van der Waals surface area contributed by atoms with Gasteiger partial charge in [-0.2, -0.15) is 4.98 Å². The van der Waals surface area contributed by atoms with Crippen molar-refractivity contribution in [1.82, 2.24) is 14.5 Å². The first-order valence-corrected chi connectivity index (χ1v) is 8.94. The Bertz CT molecular complexity index is 1300. The second-order valence-corrected chi connectivity index (χ2v) is 6.96. The number of furan rings is 1. The maximum atomic E-state index is 6.10. The molecule has 0 aliphatic carbocycles. The average molecular weight is 357 g/mol. The van der Waals surface area contributed by atoms with Crippen LogP contribution in [0.1, 0.15) is 22.6 Å². The Hall–Kier alpha value is -3.34. The first-order chi connectivity index (χ1) is 13.0. The van der Waals surface area contributed by atoms with Crippen LogP contribution in [0.15, 0.2) is 51.6 Å². The first-order valence-electron chi connectivity index (χ1n) is 8.94. The Morgan fingerprint density at radius 2 is 1.63 bits per heavy atom. The summed E-state index contributed by atoms with van der Waals surface area (Å²) in [5, 5.41) is 0.919. The zero-order chi connectivity index (χ0) is 18.7. The lowest BCUT2D eigenvalue weighted by molar-refractivity contribution is 0.563. The van der Waals surface area contributed by atoms with Crippen molar-refractivity contribution >= 4 is 22.3 Å². The molecule has 0 bridgehead atoms. The Kier molecular flexibility index (Phi) is 3.28. The summed E-state index contributed by atoms with van der Waals surface area (Å²) in [5.74, 6) is 1.45. The number of aryl methyl sites for hydroxylation is 4. The molecule has 0 saturated carbocycles. The van der Waals surface area contributed by atoms with Crippen molar-refractivity contribution in [2.24, 2.45) is 0 Å². The lowest BCUT2D eigenvalue weighted by atomic mass is 10.0. The van der Waals surface area contributed by atoms with Gasteiger partial charge in [-0.05, 0) is 43.5 Å². The second kappa shape index (κ2) is 5.58. The van der Waals surface area contributed by atoms with E-state index in [0.29, 0.717) is 17.2 Å². The average Bonchev–Trinajstić information content (AvgIpc) is 3.29. The van der Waals surface area contributed by atoms with Gasteiger partial charge in [-0.15, -0.1) is 0 Å². The molecule has 5 nitrogen and oxygen atoms in total. The molecule has 0 unspecified atom stereocenters. The van der Waals surface area contributed by atoms with E-state index in [1.165, 1.54) is 11.1 Å². The first kappa shape index (κ1) is 15.9. The Morgan fingerprint density at radius 1 is 0.852 bits per heavy atom. The molecule has 3 heterocycles. The van der Waals surface area contributed by atoms with E-state index in [0.717, 1.165) is 33.6 Å². The summed E-state index contributed by atoms with van der Waals surface area (Å²) in [6, 6.07) is 10.4. The molecule has 2 aromatic carbocycles. The number of aromatic nitrogens is 3. The lowest BCUT2D eigenvalue weighted by Crippen LogP contribution is -2.02. The van der Waals surface area contributed by atoms with E-state index in [1.807, 2.05) is 25.4 Å². The number of para-hydroxylation sites is 1. The maximum absolute atomic E-state index is 6.10. The Morgan fingerprint density at radius 3 is 2.41 bits per heavy atom. The van der Waals surface area contributed by atoms with Crippen LogP contribution in [0.2, 0.25) is 0 Å². The van der Waals surface area contributed by atoms with Crippen LogP contribution < -0.4 is 0 Å². The van der Waals surface area contributed by atoms with E-state index in [1.54, 1.807) is 0 Å². The van der Waals surface area contributed by atoms with Crippen LogP contribution in [0.5, 0.6) is 0 Å². The van der Waals surface area contributed by atoms with E-state index >= 15 is 0 Å². The van der Waals surface area contributed by atoms with E-state index in [9.17, 15) is 0 Å². The van der Waals surface area contributed by atoms with Crippen molar-refractivity contribution in [3.8, 4) is 17.1 Å². The van der Waals surface area contributed by atoms with Gasteiger partial charge < -0.3 is 8.83 Å². The zero-order valence-electron chi connectivity index (χ0n) is 15.7. The molecular formula is C22H19N3O2. The van der Waals surface area contributed by atoms with Crippen LogP contribution in [-0.4, -0.2) is 14.5 Å². The molecule has 5 rings (SSSR count). The summed E-state index contributed by atoms with van der Waals surface area (Å²) in [7, 11) is 0. The van der Waals surface area contributed by atoms with Gasteiger partial charge in [0, 0.05) is 19.3 Å². The topological polar surface area (TPSA) is 57.0 Å². The number of rotatable bonds is 2. The van der Waals surface area contributed by atoms with Gasteiger partial charge in [-0.25, -0.2) is 4.98 Å². The standard InChI is InChI=1S/C22H19N3O2/c1-12-8-9-16-19(27-22-20(16)26-15(4)24-22)17(12)21-23-10-11-25(21)18-13(2)6-5-7-14(18)3/h5-11H,1-4H3. The highest BCUT2D eigenvalue weighted by atomic mass is 16.4. The van der Waals surface area contributed by atoms with Crippen molar-refractivity contribution in [3.63, 3.8) is 0 Å².